The number of anilines is 3. The van der Waals surface area contributed by atoms with E-state index in [1.54, 1.807) is 37.6 Å². The van der Waals surface area contributed by atoms with E-state index in [2.05, 4.69) is 15.3 Å². The van der Waals surface area contributed by atoms with Crippen molar-refractivity contribution in [2.45, 2.75) is 11.3 Å². The maximum Gasteiger partial charge on any atom is 0.269 e. The SMILES string of the molecule is COc1ccc(Cc2cnc(N)nc2N)cc1OCCNc1ccc(S(=O)[O-])cc1-c1ccc([N+](=O)[O-])cc1. The van der Waals surface area contributed by atoms with Gasteiger partial charge in [0.05, 0.1) is 12.0 Å². The number of hydrogen-bond acceptors (Lipinski definition) is 11. The minimum absolute atomic E-state index is 0.0620. The minimum Gasteiger partial charge on any atom is -0.768 e. The van der Waals surface area contributed by atoms with Gasteiger partial charge in [0, 0.05) is 53.0 Å². The highest BCUT2D eigenvalue weighted by atomic mass is 32.2. The number of ether oxygens (including phenoxy) is 2. The standard InChI is InChI=1S/C26H26N6O6S/c1-37-23-9-2-16(12-18-15-30-26(28)31-25(18)27)13-24(23)38-11-10-29-22-8-7-20(39(35)36)14-21(22)17-3-5-19(6-4-17)32(33)34/h2-9,13-15,29H,10-12H2,1H3,(H,35,36)(H4,27,28,30,31)/p-1. The Morgan fingerprint density at radius 3 is 2.49 bits per heavy atom. The number of rotatable bonds is 11. The number of nitrogens with zero attached hydrogens (tertiary/aromatic N) is 3. The quantitative estimate of drug-likeness (QED) is 0.107. The maximum absolute atomic E-state index is 11.5. The molecule has 1 unspecified atom stereocenters. The van der Waals surface area contributed by atoms with Gasteiger partial charge < -0.3 is 30.8 Å². The molecule has 0 saturated carbocycles. The summed E-state index contributed by atoms with van der Waals surface area (Å²) < 4.78 is 34.5. The van der Waals surface area contributed by atoms with Gasteiger partial charge in [0.25, 0.3) is 5.69 Å². The molecule has 12 nitrogen and oxygen atoms in total. The number of nitrogens with one attached hydrogen (secondary N) is 1. The van der Waals surface area contributed by atoms with Gasteiger partial charge in [-0.2, -0.15) is 4.98 Å². The number of nitro groups is 1. The number of nitrogen functional groups attached to an aromatic ring is 2. The number of nitro benzene ring substituents is 1. The van der Waals surface area contributed by atoms with Gasteiger partial charge in [-0.25, -0.2) is 4.98 Å². The molecule has 4 rings (SSSR count). The van der Waals surface area contributed by atoms with Crippen LogP contribution in [0.15, 0.2) is 71.8 Å². The first-order valence-electron chi connectivity index (χ1n) is 11.6. The Labute approximate surface area is 226 Å². The topological polar surface area (TPSA) is 192 Å². The second-order valence-corrected chi connectivity index (χ2v) is 9.26. The van der Waals surface area contributed by atoms with Gasteiger partial charge >= 0.3 is 0 Å². The molecule has 202 valence electrons. The molecule has 13 heteroatoms. The summed E-state index contributed by atoms with van der Waals surface area (Å²) in [5.74, 6) is 1.49. The van der Waals surface area contributed by atoms with Crippen LogP contribution < -0.4 is 26.3 Å². The van der Waals surface area contributed by atoms with Crippen LogP contribution in [0.5, 0.6) is 11.5 Å². The van der Waals surface area contributed by atoms with Crippen LogP contribution in [-0.2, 0) is 17.5 Å². The fourth-order valence-electron chi connectivity index (χ4n) is 3.86. The molecule has 0 radical (unpaired) electrons. The molecule has 1 aromatic heterocycles. The summed E-state index contributed by atoms with van der Waals surface area (Å²) in [6.07, 6.45) is 2.05. The third kappa shape index (κ3) is 6.77. The van der Waals surface area contributed by atoms with E-state index in [0.29, 0.717) is 47.1 Å². The Bertz CT molecular complexity index is 1520. The predicted molar refractivity (Wildman–Crippen MR) is 146 cm³/mol. The molecule has 0 aliphatic carbocycles. The summed E-state index contributed by atoms with van der Waals surface area (Å²) >= 11 is -2.44. The van der Waals surface area contributed by atoms with E-state index in [4.69, 9.17) is 20.9 Å². The summed E-state index contributed by atoms with van der Waals surface area (Å²) in [5, 5.41) is 14.3. The van der Waals surface area contributed by atoms with Crippen molar-refractivity contribution in [3.8, 4) is 22.6 Å². The zero-order valence-electron chi connectivity index (χ0n) is 20.8. The normalized spacial score (nSPS) is 11.5. The van der Waals surface area contributed by atoms with Crippen LogP contribution >= 0.6 is 0 Å². The van der Waals surface area contributed by atoms with E-state index >= 15 is 0 Å². The van der Waals surface area contributed by atoms with Crippen LogP contribution in [0.4, 0.5) is 23.1 Å². The van der Waals surface area contributed by atoms with Crippen LogP contribution in [0.2, 0.25) is 0 Å². The van der Waals surface area contributed by atoms with E-state index in [9.17, 15) is 18.9 Å². The average Bonchev–Trinajstić information content (AvgIpc) is 2.92. The molecule has 4 aromatic rings. The Kier molecular flexibility index (Phi) is 8.53. The van der Waals surface area contributed by atoms with E-state index in [1.165, 1.54) is 24.3 Å². The largest absolute Gasteiger partial charge is 0.768 e. The molecule has 0 bridgehead atoms. The molecule has 5 N–H and O–H groups in total. The lowest BCUT2D eigenvalue weighted by atomic mass is 10.0. The summed E-state index contributed by atoms with van der Waals surface area (Å²) in [6.45, 7) is 0.619. The highest BCUT2D eigenvalue weighted by Crippen LogP contribution is 2.32. The third-order valence-corrected chi connectivity index (χ3v) is 6.43. The van der Waals surface area contributed by atoms with Crippen molar-refractivity contribution in [2.24, 2.45) is 0 Å². The monoisotopic (exact) mass is 549 g/mol. The van der Waals surface area contributed by atoms with E-state index in [-0.39, 0.29) is 23.1 Å². The molecular formula is C26H25N6O6S-. The second kappa shape index (κ2) is 12.2. The van der Waals surface area contributed by atoms with Crippen LogP contribution in [0.1, 0.15) is 11.1 Å². The van der Waals surface area contributed by atoms with Gasteiger partial charge in [-0.3, -0.25) is 14.3 Å². The van der Waals surface area contributed by atoms with E-state index in [1.807, 2.05) is 12.1 Å². The molecule has 0 fully saturated rings. The number of non-ortho nitro benzene ring substituents is 1. The maximum atomic E-state index is 11.5. The van der Waals surface area contributed by atoms with Gasteiger partial charge in [-0.15, -0.1) is 0 Å². The number of nitrogens with two attached hydrogens (primary N) is 2. The van der Waals surface area contributed by atoms with E-state index in [0.717, 1.165) is 11.1 Å². The van der Waals surface area contributed by atoms with E-state index < -0.39 is 16.0 Å². The highest BCUT2D eigenvalue weighted by molar-refractivity contribution is 7.79. The third-order valence-electron chi connectivity index (χ3n) is 5.79. The Morgan fingerprint density at radius 1 is 1.05 bits per heavy atom. The Balaban J connectivity index is 1.47. The first-order chi connectivity index (χ1) is 18.7. The first-order valence-corrected chi connectivity index (χ1v) is 12.7. The molecule has 1 heterocycles. The summed E-state index contributed by atoms with van der Waals surface area (Å²) in [5.41, 5.74) is 14.9. The van der Waals surface area contributed by atoms with Gasteiger partial charge in [0.15, 0.2) is 11.5 Å². The smallest absolute Gasteiger partial charge is 0.269 e. The summed E-state index contributed by atoms with van der Waals surface area (Å²) in [6, 6.07) is 16.0. The van der Waals surface area contributed by atoms with Crippen molar-refractivity contribution in [3.05, 3.63) is 88.1 Å². The summed E-state index contributed by atoms with van der Waals surface area (Å²) in [7, 11) is 1.55. The van der Waals surface area contributed by atoms with Gasteiger partial charge in [0.1, 0.15) is 12.4 Å². The highest BCUT2D eigenvalue weighted by Gasteiger charge is 2.12. The van der Waals surface area contributed by atoms with Gasteiger partial charge in [-0.05, 0) is 64.7 Å². The van der Waals surface area contributed by atoms with Crippen molar-refractivity contribution in [2.75, 3.05) is 37.0 Å². The zero-order chi connectivity index (χ0) is 27.9. The molecule has 0 amide bonds. The van der Waals surface area contributed by atoms with Crippen LogP contribution in [0, 0.1) is 10.1 Å². The number of benzene rings is 3. The predicted octanol–water partition coefficient (Wildman–Crippen LogP) is 3.54. The van der Waals surface area contributed by atoms with Crippen molar-refractivity contribution in [1.82, 2.24) is 9.97 Å². The average molecular weight is 550 g/mol. The molecule has 1 atom stereocenters. The molecule has 3 aromatic carbocycles. The fraction of sp³-hybridized carbons (Fsp3) is 0.154. The number of hydrogen-bond donors (Lipinski definition) is 3. The lowest BCUT2D eigenvalue weighted by molar-refractivity contribution is -0.384. The number of methoxy groups -OCH3 is 1. The molecule has 39 heavy (non-hydrogen) atoms. The Morgan fingerprint density at radius 2 is 1.82 bits per heavy atom. The number of aromatic nitrogens is 2. The minimum atomic E-state index is -2.44. The second-order valence-electron chi connectivity index (χ2n) is 8.32. The first kappa shape index (κ1) is 27.3. The van der Waals surface area contributed by atoms with Crippen LogP contribution in [0.25, 0.3) is 11.1 Å². The molecule has 0 aliphatic rings. The fourth-order valence-corrected chi connectivity index (χ4v) is 4.26. The lowest BCUT2D eigenvalue weighted by Gasteiger charge is -2.16. The van der Waals surface area contributed by atoms with Crippen LogP contribution in [0.3, 0.4) is 0 Å². The van der Waals surface area contributed by atoms with Crippen molar-refractivity contribution >= 4 is 34.2 Å². The van der Waals surface area contributed by atoms with Crippen molar-refractivity contribution in [3.63, 3.8) is 0 Å². The van der Waals surface area contributed by atoms with Gasteiger partial charge in [0.2, 0.25) is 5.95 Å². The lowest BCUT2D eigenvalue weighted by Crippen LogP contribution is -2.13. The molecule has 0 saturated heterocycles. The summed E-state index contributed by atoms with van der Waals surface area (Å²) in [4.78, 5) is 18.6. The Hall–Kier alpha value is -4.75. The molecule has 0 spiro atoms. The molecule has 0 aliphatic heterocycles. The van der Waals surface area contributed by atoms with Crippen molar-refractivity contribution < 1.29 is 23.2 Å². The zero-order valence-corrected chi connectivity index (χ0v) is 21.6. The molecular weight excluding hydrogens is 524 g/mol. The van der Waals surface area contributed by atoms with Crippen LogP contribution in [-0.4, -0.2) is 43.9 Å². The van der Waals surface area contributed by atoms with Crippen molar-refractivity contribution in [1.29, 1.82) is 0 Å². The van der Waals surface area contributed by atoms with Gasteiger partial charge in [-0.1, -0.05) is 6.07 Å².